The van der Waals surface area contributed by atoms with Gasteiger partial charge in [-0.15, -0.1) is 0 Å². The van der Waals surface area contributed by atoms with Crippen molar-refractivity contribution in [3.05, 3.63) is 59.1 Å². The SMILES string of the molecule is N#Cc1ccccc1OCC(=O)N1CCCN(C(=O)Nc2cccc(Cl)c2)CC1. The molecular formula is C21H21ClN4O3. The van der Waals surface area contributed by atoms with E-state index in [0.717, 1.165) is 0 Å². The highest BCUT2D eigenvalue weighted by Gasteiger charge is 2.22. The van der Waals surface area contributed by atoms with Crippen molar-refractivity contribution < 1.29 is 14.3 Å². The number of urea groups is 1. The average molecular weight is 413 g/mol. The van der Waals surface area contributed by atoms with Crippen LogP contribution in [0.25, 0.3) is 0 Å². The molecule has 0 saturated carbocycles. The van der Waals surface area contributed by atoms with E-state index in [1.807, 2.05) is 6.07 Å². The van der Waals surface area contributed by atoms with Crippen LogP contribution in [0.5, 0.6) is 5.75 Å². The first-order valence-electron chi connectivity index (χ1n) is 9.28. The molecule has 1 fully saturated rings. The predicted octanol–water partition coefficient (Wildman–Crippen LogP) is 3.36. The van der Waals surface area contributed by atoms with Crippen LogP contribution in [0, 0.1) is 11.3 Å². The van der Waals surface area contributed by atoms with Crippen molar-refractivity contribution in [1.82, 2.24) is 9.80 Å². The quantitative estimate of drug-likeness (QED) is 0.834. The second kappa shape index (κ2) is 9.80. The molecule has 0 atom stereocenters. The summed E-state index contributed by atoms with van der Waals surface area (Å²) in [7, 11) is 0. The van der Waals surface area contributed by atoms with Crippen LogP contribution in [0.2, 0.25) is 5.02 Å². The van der Waals surface area contributed by atoms with Crippen LogP contribution in [0.15, 0.2) is 48.5 Å². The van der Waals surface area contributed by atoms with Gasteiger partial charge in [-0.1, -0.05) is 29.8 Å². The molecule has 29 heavy (non-hydrogen) atoms. The lowest BCUT2D eigenvalue weighted by atomic mass is 10.2. The normalized spacial score (nSPS) is 13.9. The second-order valence-electron chi connectivity index (χ2n) is 6.56. The third-order valence-electron chi connectivity index (χ3n) is 4.57. The number of carbonyl (C=O) groups excluding carboxylic acids is 2. The third-order valence-corrected chi connectivity index (χ3v) is 4.81. The molecule has 1 heterocycles. The molecule has 0 aliphatic carbocycles. The first kappa shape index (κ1) is 20.5. The summed E-state index contributed by atoms with van der Waals surface area (Å²) in [4.78, 5) is 28.4. The zero-order valence-corrected chi connectivity index (χ0v) is 16.6. The molecule has 150 valence electrons. The molecule has 0 radical (unpaired) electrons. The Hall–Kier alpha value is -3.24. The van der Waals surface area contributed by atoms with Gasteiger partial charge in [0, 0.05) is 36.9 Å². The summed E-state index contributed by atoms with van der Waals surface area (Å²) < 4.78 is 5.53. The number of nitrogens with zero attached hydrogens (tertiary/aromatic N) is 3. The average Bonchev–Trinajstić information content (AvgIpc) is 2.98. The van der Waals surface area contributed by atoms with E-state index in [9.17, 15) is 9.59 Å². The van der Waals surface area contributed by atoms with Crippen molar-refractivity contribution in [2.45, 2.75) is 6.42 Å². The van der Waals surface area contributed by atoms with Gasteiger partial charge >= 0.3 is 6.03 Å². The summed E-state index contributed by atoms with van der Waals surface area (Å²) in [5.74, 6) is 0.218. The number of benzene rings is 2. The number of hydrogen-bond donors (Lipinski definition) is 1. The number of rotatable bonds is 4. The maximum absolute atomic E-state index is 12.5. The van der Waals surface area contributed by atoms with Gasteiger partial charge in [-0.3, -0.25) is 4.79 Å². The molecule has 0 spiro atoms. The number of halogens is 1. The Morgan fingerprint density at radius 2 is 1.83 bits per heavy atom. The molecule has 2 aromatic carbocycles. The highest BCUT2D eigenvalue weighted by molar-refractivity contribution is 6.30. The van der Waals surface area contributed by atoms with Gasteiger partial charge < -0.3 is 19.9 Å². The monoisotopic (exact) mass is 412 g/mol. The number of carbonyl (C=O) groups is 2. The Balaban J connectivity index is 1.51. The Labute approximate surface area is 174 Å². The number of amides is 3. The number of nitrogens with one attached hydrogen (secondary N) is 1. The van der Waals surface area contributed by atoms with Crippen LogP contribution in [-0.2, 0) is 4.79 Å². The lowest BCUT2D eigenvalue weighted by molar-refractivity contribution is -0.133. The molecule has 8 heteroatoms. The summed E-state index contributed by atoms with van der Waals surface area (Å²) in [5, 5.41) is 12.5. The Bertz CT molecular complexity index is 928. The third kappa shape index (κ3) is 5.62. The van der Waals surface area contributed by atoms with Gasteiger partial charge in [0.25, 0.3) is 5.91 Å². The van der Waals surface area contributed by atoms with Crippen molar-refractivity contribution in [1.29, 1.82) is 5.26 Å². The summed E-state index contributed by atoms with van der Waals surface area (Å²) in [6.45, 7) is 1.79. The van der Waals surface area contributed by atoms with E-state index in [1.165, 1.54) is 0 Å². The first-order chi connectivity index (χ1) is 14.1. The van der Waals surface area contributed by atoms with E-state index in [-0.39, 0.29) is 18.5 Å². The zero-order chi connectivity index (χ0) is 20.6. The molecular weight excluding hydrogens is 392 g/mol. The largest absolute Gasteiger partial charge is 0.482 e. The summed E-state index contributed by atoms with van der Waals surface area (Å²) in [5.41, 5.74) is 1.02. The number of hydrogen-bond acceptors (Lipinski definition) is 4. The van der Waals surface area contributed by atoms with Gasteiger partial charge in [0.15, 0.2) is 6.61 Å². The minimum Gasteiger partial charge on any atom is -0.482 e. The Morgan fingerprint density at radius 3 is 2.62 bits per heavy atom. The number of nitriles is 1. The van der Waals surface area contributed by atoms with E-state index in [0.29, 0.717) is 54.6 Å². The summed E-state index contributed by atoms with van der Waals surface area (Å²) in [6.07, 6.45) is 0.670. The fourth-order valence-electron chi connectivity index (χ4n) is 3.05. The van der Waals surface area contributed by atoms with Gasteiger partial charge in [-0.2, -0.15) is 5.26 Å². The van der Waals surface area contributed by atoms with Crippen molar-refractivity contribution in [3.8, 4) is 11.8 Å². The molecule has 1 aliphatic rings. The maximum atomic E-state index is 12.5. The summed E-state index contributed by atoms with van der Waals surface area (Å²) >= 11 is 5.95. The zero-order valence-electron chi connectivity index (χ0n) is 15.8. The van der Waals surface area contributed by atoms with Gasteiger partial charge in [0.2, 0.25) is 0 Å². The lowest BCUT2D eigenvalue weighted by Gasteiger charge is -2.22. The van der Waals surface area contributed by atoms with Crippen LogP contribution in [0.3, 0.4) is 0 Å². The standard InChI is InChI=1S/C21H21ClN4O3/c22-17-6-3-7-18(13-17)24-21(28)26-10-4-9-25(11-12-26)20(27)15-29-19-8-2-1-5-16(19)14-23/h1-3,5-8,13H,4,9-12,15H2,(H,24,28). The van der Waals surface area contributed by atoms with Crippen molar-refractivity contribution in [2.24, 2.45) is 0 Å². The fraction of sp³-hybridized carbons (Fsp3) is 0.286. The highest BCUT2D eigenvalue weighted by Crippen LogP contribution is 2.17. The van der Waals surface area contributed by atoms with Crippen molar-refractivity contribution in [3.63, 3.8) is 0 Å². The van der Waals surface area contributed by atoms with Crippen molar-refractivity contribution >= 4 is 29.2 Å². The first-order valence-corrected chi connectivity index (χ1v) is 9.66. The van der Waals surface area contributed by atoms with Crippen LogP contribution in [0.4, 0.5) is 10.5 Å². The van der Waals surface area contributed by atoms with E-state index in [2.05, 4.69) is 5.32 Å². The van der Waals surface area contributed by atoms with Crippen molar-refractivity contribution in [2.75, 3.05) is 38.1 Å². The Kier molecular flexibility index (Phi) is 6.93. The van der Waals surface area contributed by atoms with Gasteiger partial charge in [0.05, 0.1) is 5.56 Å². The van der Waals surface area contributed by atoms with E-state index < -0.39 is 0 Å². The van der Waals surface area contributed by atoms with E-state index in [1.54, 1.807) is 58.3 Å². The van der Waals surface area contributed by atoms with Gasteiger partial charge in [-0.05, 0) is 36.8 Å². The molecule has 1 N–H and O–H groups in total. The van der Waals surface area contributed by atoms with Gasteiger partial charge in [0.1, 0.15) is 11.8 Å². The fourth-order valence-corrected chi connectivity index (χ4v) is 3.24. The van der Waals surface area contributed by atoms with Crippen LogP contribution in [0.1, 0.15) is 12.0 Å². The number of ether oxygens (including phenoxy) is 1. The Morgan fingerprint density at radius 1 is 1.07 bits per heavy atom. The number of para-hydroxylation sites is 1. The van der Waals surface area contributed by atoms with E-state index in [4.69, 9.17) is 21.6 Å². The smallest absolute Gasteiger partial charge is 0.321 e. The molecule has 3 rings (SSSR count). The minimum absolute atomic E-state index is 0.145. The van der Waals surface area contributed by atoms with Crippen LogP contribution in [-0.4, -0.2) is 54.5 Å². The predicted molar refractivity (Wildman–Crippen MR) is 110 cm³/mol. The minimum atomic E-state index is -0.222. The summed E-state index contributed by atoms with van der Waals surface area (Å²) in [6, 6.07) is 15.6. The highest BCUT2D eigenvalue weighted by atomic mass is 35.5. The molecule has 7 nitrogen and oxygen atoms in total. The molecule has 3 amide bonds. The molecule has 0 unspecified atom stereocenters. The molecule has 1 aliphatic heterocycles. The molecule has 0 bridgehead atoms. The van der Waals surface area contributed by atoms with Gasteiger partial charge in [-0.25, -0.2) is 4.79 Å². The maximum Gasteiger partial charge on any atom is 0.321 e. The molecule has 1 saturated heterocycles. The van der Waals surface area contributed by atoms with Crippen LogP contribution >= 0.6 is 11.6 Å². The molecule has 2 aromatic rings. The van der Waals surface area contributed by atoms with Crippen LogP contribution < -0.4 is 10.1 Å². The lowest BCUT2D eigenvalue weighted by Crippen LogP contribution is -2.40. The molecule has 0 aromatic heterocycles. The topological polar surface area (TPSA) is 85.7 Å². The number of anilines is 1. The second-order valence-corrected chi connectivity index (χ2v) is 6.99. The van der Waals surface area contributed by atoms with E-state index >= 15 is 0 Å².